The van der Waals surface area contributed by atoms with Gasteiger partial charge in [0.15, 0.2) is 5.78 Å². The predicted octanol–water partition coefficient (Wildman–Crippen LogP) is 3.41. The van der Waals surface area contributed by atoms with Gasteiger partial charge in [-0.25, -0.2) is 4.90 Å². The molecule has 0 saturated heterocycles. The highest BCUT2D eigenvalue weighted by Crippen LogP contribution is 2.21. The van der Waals surface area contributed by atoms with Gasteiger partial charge in [0.1, 0.15) is 5.75 Å². The first kappa shape index (κ1) is 17.4. The average Bonchev–Trinajstić information content (AvgIpc) is 2.99. The zero-order valence-corrected chi connectivity index (χ0v) is 14.2. The number of allylic oxidation sites excluding steroid dienone is 1. The number of hydrogen-bond donors (Lipinski definition) is 0. The Balaban J connectivity index is 1.75. The van der Waals surface area contributed by atoms with Crippen molar-refractivity contribution in [2.24, 2.45) is 0 Å². The van der Waals surface area contributed by atoms with Crippen molar-refractivity contribution in [2.75, 3.05) is 11.5 Å². The van der Waals surface area contributed by atoms with Crippen LogP contribution in [-0.2, 0) is 9.59 Å². The lowest BCUT2D eigenvalue weighted by molar-refractivity contribution is -0.119. The van der Waals surface area contributed by atoms with Gasteiger partial charge in [0.2, 0.25) is 0 Å². The number of amides is 2. The van der Waals surface area contributed by atoms with E-state index in [2.05, 4.69) is 0 Å². The molecular weight excluding hydrogens is 330 g/mol. The minimum absolute atomic E-state index is 0.181. The summed E-state index contributed by atoms with van der Waals surface area (Å²) in [5.41, 5.74) is 1.72. The smallest absolute Gasteiger partial charge is 0.258 e. The van der Waals surface area contributed by atoms with Crippen LogP contribution >= 0.6 is 0 Å². The molecule has 2 aromatic rings. The average molecular weight is 347 g/mol. The van der Waals surface area contributed by atoms with Gasteiger partial charge in [-0.15, -0.1) is 0 Å². The highest BCUT2D eigenvalue weighted by Gasteiger charge is 2.24. The lowest BCUT2D eigenvalue weighted by Gasteiger charge is -2.13. The molecule has 0 saturated carbocycles. The molecule has 1 aliphatic heterocycles. The Hall–Kier alpha value is -3.47. The van der Waals surface area contributed by atoms with Crippen molar-refractivity contribution in [3.05, 3.63) is 77.9 Å². The Morgan fingerprint density at radius 3 is 2.31 bits per heavy atom. The van der Waals surface area contributed by atoms with Crippen molar-refractivity contribution >= 4 is 29.4 Å². The molecule has 0 aliphatic carbocycles. The zero-order valence-electron chi connectivity index (χ0n) is 14.2. The van der Waals surface area contributed by atoms with E-state index in [0.29, 0.717) is 23.6 Å². The van der Waals surface area contributed by atoms with Gasteiger partial charge >= 0.3 is 0 Å². The number of imide groups is 1. The van der Waals surface area contributed by atoms with Crippen molar-refractivity contribution < 1.29 is 19.1 Å². The fraction of sp³-hybridized carbons (Fsp3) is 0.0952. The number of ether oxygens (including phenoxy) is 1. The van der Waals surface area contributed by atoms with Crippen molar-refractivity contribution in [1.29, 1.82) is 0 Å². The first-order chi connectivity index (χ1) is 12.6. The Bertz CT molecular complexity index is 892. The van der Waals surface area contributed by atoms with Crippen molar-refractivity contribution in [2.45, 2.75) is 6.92 Å². The van der Waals surface area contributed by atoms with E-state index in [1.54, 1.807) is 30.3 Å². The summed E-state index contributed by atoms with van der Waals surface area (Å²) in [6, 6.07) is 13.8. The molecule has 5 nitrogen and oxygen atoms in total. The third-order valence-electron chi connectivity index (χ3n) is 3.85. The fourth-order valence-corrected chi connectivity index (χ4v) is 2.60. The van der Waals surface area contributed by atoms with Crippen LogP contribution in [0.15, 0.2) is 66.8 Å². The number of carbonyl (C=O) groups is 3. The molecule has 0 N–H and O–H groups in total. The highest BCUT2D eigenvalue weighted by molar-refractivity contribution is 6.28. The number of hydrogen-bond acceptors (Lipinski definition) is 4. The maximum Gasteiger partial charge on any atom is 0.258 e. The second kappa shape index (κ2) is 7.61. The van der Waals surface area contributed by atoms with Gasteiger partial charge in [-0.1, -0.05) is 18.2 Å². The molecule has 0 bridgehead atoms. The Morgan fingerprint density at radius 2 is 1.65 bits per heavy atom. The maximum atomic E-state index is 12.4. The standard InChI is InChI=1S/C21H17NO4/c1-2-26-19-6-4-3-5-16(19)9-12-18(23)15-7-10-17(11-8-15)22-20(24)13-14-21(22)25/h3-14H,2H2,1H3/b12-9+. The number of carbonyl (C=O) groups excluding carboxylic acids is 3. The Labute approximate surface area is 151 Å². The van der Waals surface area contributed by atoms with Crippen molar-refractivity contribution in [3.8, 4) is 5.75 Å². The van der Waals surface area contributed by atoms with E-state index in [4.69, 9.17) is 4.74 Å². The molecule has 3 rings (SSSR count). The molecule has 0 aromatic heterocycles. The molecule has 2 amide bonds. The SMILES string of the molecule is CCOc1ccccc1/C=C/C(=O)c1ccc(N2C(=O)C=CC2=O)cc1. The minimum atomic E-state index is -0.387. The first-order valence-electron chi connectivity index (χ1n) is 8.20. The van der Waals surface area contributed by atoms with E-state index < -0.39 is 0 Å². The molecule has 0 atom stereocenters. The molecule has 0 radical (unpaired) electrons. The van der Waals surface area contributed by atoms with Crippen LogP contribution in [0.1, 0.15) is 22.8 Å². The summed E-state index contributed by atoms with van der Waals surface area (Å²) >= 11 is 0. The summed E-state index contributed by atoms with van der Waals surface area (Å²) < 4.78 is 5.53. The second-order valence-electron chi connectivity index (χ2n) is 5.56. The Kier molecular flexibility index (Phi) is 5.08. The van der Waals surface area contributed by atoms with Crippen molar-refractivity contribution in [1.82, 2.24) is 0 Å². The molecule has 130 valence electrons. The van der Waals surface area contributed by atoms with E-state index in [0.717, 1.165) is 10.5 Å². The predicted molar refractivity (Wildman–Crippen MR) is 99.1 cm³/mol. The molecule has 1 heterocycles. The van der Waals surface area contributed by atoms with Gasteiger partial charge in [0, 0.05) is 23.3 Å². The number of para-hydroxylation sites is 1. The largest absolute Gasteiger partial charge is 0.493 e. The highest BCUT2D eigenvalue weighted by atomic mass is 16.5. The van der Waals surface area contributed by atoms with Gasteiger partial charge in [0.05, 0.1) is 12.3 Å². The summed E-state index contributed by atoms with van der Waals surface area (Å²) in [5, 5.41) is 0. The van der Waals surface area contributed by atoms with Crippen molar-refractivity contribution in [3.63, 3.8) is 0 Å². The Morgan fingerprint density at radius 1 is 1.00 bits per heavy atom. The minimum Gasteiger partial charge on any atom is -0.493 e. The molecule has 0 spiro atoms. The zero-order chi connectivity index (χ0) is 18.5. The first-order valence-corrected chi connectivity index (χ1v) is 8.20. The number of anilines is 1. The second-order valence-corrected chi connectivity index (χ2v) is 5.56. The van der Waals surface area contributed by atoms with E-state index in [1.807, 2.05) is 31.2 Å². The van der Waals surface area contributed by atoms with Gasteiger partial charge in [0.25, 0.3) is 11.8 Å². The summed E-state index contributed by atoms with van der Waals surface area (Å²) in [7, 11) is 0. The molecule has 5 heteroatoms. The van der Waals surface area contributed by atoms with E-state index in [9.17, 15) is 14.4 Å². The lowest BCUT2D eigenvalue weighted by atomic mass is 10.1. The van der Waals surface area contributed by atoms with Gasteiger partial charge in [-0.2, -0.15) is 0 Å². The van der Waals surface area contributed by atoms with Crippen LogP contribution in [0.5, 0.6) is 5.75 Å². The number of nitrogens with zero attached hydrogens (tertiary/aromatic N) is 1. The molecule has 0 fully saturated rings. The van der Waals surface area contributed by atoms with E-state index >= 15 is 0 Å². The molecule has 2 aromatic carbocycles. The quantitative estimate of drug-likeness (QED) is 0.456. The normalized spacial score (nSPS) is 13.7. The molecular formula is C21H17NO4. The van der Waals surface area contributed by atoms with Crippen LogP contribution in [-0.4, -0.2) is 24.2 Å². The number of benzene rings is 2. The van der Waals surface area contributed by atoms with Gasteiger partial charge in [-0.05, 0) is 49.4 Å². The van der Waals surface area contributed by atoms with Crippen LogP contribution in [0.4, 0.5) is 5.69 Å². The lowest BCUT2D eigenvalue weighted by Crippen LogP contribution is -2.29. The maximum absolute atomic E-state index is 12.4. The molecule has 0 unspecified atom stereocenters. The number of rotatable bonds is 6. The van der Waals surface area contributed by atoms with E-state index in [1.165, 1.54) is 18.2 Å². The topological polar surface area (TPSA) is 63.7 Å². The third-order valence-corrected chi connectivity index (χ3v) is 3.85. The fourth-order valence-electron chi connectivity index (χ4n) is 2.60. The van der Waals surface area contributed by atoms with Gasteiger partial charge in [-0.3, -0.25) is 14.4 Å². The van der Waals surface area contributed by atoms with Crippen LogP contribution in [0.2, 0.25) is 0 Å². The van der Waals surface area contributed by atoms with Crippen LogP contribution < -0.4 is 9.64 Å². The summed E-state index contributed by atoms with van der Waals surface area (Å²) in [4.78, 5) is 36.8. The summed E-state index contributed by atoms with van der Waals surface area (Å²) in [5.74, 6) is -0.240. The molecule has 26 heavy (non-hydrogen) atoms. The van der Waals surface area contributed by atoms with Gasteiger partial charge < -0.3 is 4.74 Å². The monoisotopic (exact) mass is 347 g/mol. The third kappa shape index (κ3) is 3.62. The van der Waals surface area contributed by atoms with Crippen LogP contribution in [0.3, 0.4) is 0 Å². The van der Waals surface area contributed by atoms with E-state index in [-0.39, 0.29) is 17.6 Å². The number of ketones is 1. The van der Waals surface area contributed by atoms with Crippen LogP contribution in [0, 0.1) is 0 Å². The summed E-state index contributed by atoms with van der Waals surface area (Å²) in [6.45, 7) is 2.45. The summed E-state index contributed by atoms with van der Waals surface area (Å²) in [6.07, 6.45) is 5.62. The molecule has 1 aliphatic rings. The van der Waals surface area contributed by atoms with Crippen LogP contribution in [0.25, 0.3) is 6.08 Å².